The zero-order valence-corrected chi connectivity index (χ0v) is 13.1. The minimum Gasteiger partial charge on any atom is -0.467 e. The van der Waals surface area contributed by atoms with Crippen LogP contribution >= 0.6 is 15.9 Å². The second-order valence-corrected chi connectivity index (χ2v) is 5.57. The summed E-state index contributed by atoms with van der Waals surface area (Å²) in [6, 6.07) is -1.43. The van der Waals surface area contributed by atoms with Gasteiger partial charge in [0.05, 0.1) is 18.1 Å². The van der Waals surface area contributed by atoms with E-state index in [9.17, 15) is 31.5 Å². The molecule has 4 nitrogen and oxygen atoms in total. The smallest absolute Gasteiger partial charge is 0.328 e. The van der Waals surface area contributed by atoms with Crippen molar-refractivity contribution in [3.05, 3.63) is 33.3 Å². The molecule has 23 heavy (non-hydrogen) atoms. The summed E-state index contributed by atoms with van der Waals surface area (Å²) in [5.41, 5.74) is -1.54. The molecule has 0 saturated carbocycles. The normalized spacial score (nSPS) is 20.7. The Balaban J connectivity index is 2.50. The SMILES string of the molecule is COC(=O)[C@@H]1C[C@@H](F)CN1C(=O)c1c(F)c(F)c(Br)c(F)c1F. The molecule has 0 aromatic heterocycles. The summed E-state index contributed by atoms with van der Waals surface area (Å²) in [5.74, 6) is -10.0. The molecule has 1 saturated heterocycles. The molecule has 1 aromatic rings. The van der Waals surface area contributed by atoms with Crippen LogP contribution < -0.4 is 0 Å². The lowest BCUT2D eigenvalue weighted by Crippen LogP contribution is -2.42. The van der Waals surface area contributed by atoms with E-state index in [2.05, 4.69) is 20.7 Å². The van der Waals surface area contributed by atoms with Gasteiger partial charge in [0, 0.05) is 6.42 Å². The first-order chi connectivity index (χ1) is 10.7. The van der Waals surface area contributed by atoms with Gasteiger partial charge in [0.1, 0.15) is 17.8 Å². The van der Waals surface area contributed by atoms with Crippen LogP contribution in [0.15, 0.2) is 4.47 Å². The van der Waals surface area contributed by atoms with Crippen LogP contribution in [0.4, 0.5) is 22.0 Å². The Labute approximate surface area is 135 Å². The van der Waals surface area contributed by atoms with Gasteiger partial charge in [-0.2, -0.15) is 0 Å². The third-order valence-electron chi connectivity index (χ3n) is 3.41. The summed E-state index contributed by atoms with van der Waals surface area (Å²) in [4.78, 5) is 24.2. The van der Waals surface area contributed by atoms with E-state index in [0.717, 1.165) is 7.11 Å². The highest BCUT2D eigenvalue weighted by Crippen LogP contribution is 2.31. The van der Waals surface area contributed by atoms with E-state index >= 15 is 0 Å². The predicted octanol–water partition coefficient (Wildman–Crippen LogP) is 2.73. The predicted molar refractivity (Wildman–Crippen MR) is 70.3 cm³/mol. The second-order valence-electron chi connectivity index (χ2n) is 4.77. The van der Waals surface area contributed by atoms with Gasteiger partial charge in [-0.1, -0.05) is 0 Å². The van der Waals surface area contributed by atoms with Crippen molar-refractivity contribution >= 4 is 27.8 Å². The fourth-order valence-electron chi connectivity index (χ4n) is 2.30. The van der Waals surface area contributed by atoms with Crippen LogP contribution in [-0.2, 0) is 9.53 Å². The molecular formula is C13H9BrF5NO3. The van der Waals surface area contributed by atoms with Gasteiger partial charge in [0.25, 0.3) is 5.91 Å². The number of hydrogen-bond acceptors (Lipinski definition) is 3. The van der Waals surface area contributed by atoms with E-state index in [1.54, 1.807) is 0 Å². The van der Waals surface area contributed by atoms with Crippen molar-refractivity contribution in [2.75, 3.05) is 13.7 Å². The lowest BCUT2D eigenvalue weighted by molar-refractivity contribution is -0.145. The van der Waals surface area contributed by atoms with Crippen LogP contribution in [0.2, 0.25) is 0 Å². The maximum Gasteiger partial charge on any atom is 0.328 e. The first kappa shape index (κ1) is 17.6. The number of amides is 1. The summed E-state index contributed by atoms with van der Waals surface area (Å²) >= 11 is 2.31. The Morgan fingerprint density at radius 3 is 2.13 bits per heavy atom. The number of carbonyl (C=O) groups is 2. The van der Waals surface area contributed by atoms with E-state index in [1.165, 1.54) is 0 Å². The van der Waals surface area contributed by atoms with Gasteiger partial charge in [-0.15, -0.1) is 0 Å². The average molecular weight is 402 g/mol. The highest BCUT2D eigenvalue weighted by Gasteiger charge is 2.43. The molecule has 0 N–H and O–H groups in total. The zero-order chi connectivity index (χ0) is 17.5. The topological polar surface area (TPSA) is 46.6 Å². The summed E-state index contributed by atoms with van der Waals surface area (Å²) in [6.45, 7) is -0.656. The fraction of sp³-hybridized carbons (Fsp3) is 0.385. The molecule has 10 heteroatoms. The number of esters is 1. The largest absolute Gasteiger partial charge is 0.467 e. The quantitative estimate of drug-likeness (QED) is 0.331. The second kappa shape index (κ2) is 6.42. The summed E-state index contributed by atoms with van der Waals surface area (Å²) in [6.07, 6.45) is -2.08. The maximum absolute atomic E-state index is 13.8. The number of carbonyl (C=O) groups excluding carboxylic acids is 2. The Hall–Kier alpha value is -1.71. The van der Waals surface area contributed by atoms with E-state index in [0.29, 0.717) is 4.90 Å². The standard InChI is InChI=1S/C13H9BrF5NO3/c1-23-13(22)5-2-4(15)3-20(5)12(21)6-8(16)10(18)7(14)11(19)9(6)17/h4-5H,2-3H2,1H3/t4-,5+/m1/s1. The van der Waals surface area contributed by atoms with Crippen LogP contribution in [0.3, 0.4) is 0 Å². The van der Waals surface area contributed by atoms with Gasteiger partial charge < -0.3 is 9.64 Å². The Morgan fingerprint density at radius 1 is 1.13 bits per heavy atom. The third kappa shape index (κ3) is 2.91. The van der Waals surface area contributed by atoms with Gasteiger partial charge in [-0.25, -0.2) is 26.7 Å². The number of hydrogen-bond donors (Lipinski definition) is 0. The van der Waals surface area contributed by atoms with Crippen molar-refractivity contribution in [2.45, 2.75) is 18.6 Å². The van der Waals surface area contributed by atoms with Crippen molar-refractivity contribution in [2.24, 2.45) is 0 Å². The molecule has 1 amide bonds. The minimum atomic E-state index is -1.94. The molecule has 0 aliphatic carbocycles. The molecule has 1 aliphatic heterocycles. The molecule has 1 aliphatic rings. The monoisotopic (exact) mass is 401 g/mol. The van der Waals surface area contributed by atoms with Crippen LogP contribution in [0.25, 0.3) is 0 Å². The first-order valence-electron chi connectivity index (χ1n) is 6.25. The van der Waals surface area contributed by atoms with Gasteiger partial charge in [-0.3, -0.25) is 4.79 Å². The van der Waals surface area contributed by atoms with Crippen molar-refractivity contribution in [3.8, 4) is 0 Å². The molecule has 1 fully saturated rings. The van der Waals surface area contributed by atoms with Gasteiger partial charge in [0.2, 0.25) is 0 Å². The molecule has 0 unspecified atom stereocenters. The molecule has 0 bridgehead atoms. The maximum atomic E-state index is 13.8. The van der Waals surface area contributed by atoms with Crippen molar-refractivity contribution in [1.82, 2.24) is 4.90 Å². The number of alkyl halides is 1. The van der Waals surface area contributed by atoms with Gasteiger partial charge in [-0.05, 0) is 15.9 Å². The number of likely N-dealkylation sites (tertiary alicyclic amines) is 1. The molecule has 0 spiro atoms. The first-order valence-corrected chi connectivity index (χ1v) is 7.04. The highest BCUT2D eigenvalue weighted by molar-refractivity contribution is 9.10. The number of methoxy groups -OCH3 is 1. The lowest BCUT2D eigenvalue weighted by Gasteiger charge is -2.23. The summed E-state index contributed by atoms with van der Waals surface area (Å²) in [7, 11) is 0.983. The van der Waals surface area contributed by atoms with Crippen LogP contribution in [0.5, 0.6) is 0 Å². The third-order valence-corrected chi connectivity index (χ3v) is 4.10. The van der Waals surface area contributed by atoms with Crippen LogP contribution in [-0.4, -0.2) is 42.6 Å². The lowest BCUT2D eigenvalue weighted by atomic mass is 10.1. The Morgan fingerprint density at radius 2 is 1.65 bits per heavy atom. The molecular weight excluding hydrogens is 393 g/mol. The fourth-order valence-corrected chi connectivity index (χ4v) is 2.65. The van der Waals surface area contributed by atoms with E-state index < -0.39 is 70.4 Å². The Bertz CT molecular complexity index is 655. The minimum absolute atomic E-state index is 0.441. The number of nitrogens with zero attached hydrogens (tertiary/aromatic N) is 1. The number of ether oxygens (including phenoxy) is 1. The van der Waals surface area contributed by atoms with Crippen molar-refractivity contribution < 1.29 is 36.3 Å². The zero-order valence-electron chi connectivity index (χ0n) is 11.5. The molecule has 2 atom stereocenters. The number of halogens is 6. The van der Waals surface area contributed by atoms with Crippen LogP contribution in [0, 0.1) is 23.3 Å². The van der Waals surface area contributed by atoms with E-state index in [1.807, 2.05) is 0 Å². The van der Waals surface area contributed by atoms with Gasteiger partial charge in [0.15, 0.2) is 23.3 Å². The van der Waals surface area contributed by atoms with E-state index in [4.69, 9.17) is 0 Å². The Kier molecular flexibility index (Phi) is 4.92. The average Bonchev–Trinajstić information content (AvgIpc) is 2.92. The number of benzene rings is 1. The number of rotatable bonds is 2. The van der Waals surface area contributed by atoms with Crippen molar-refractivity contribution in [3.63, 3.8) is 0 Å². The van der Waals surface area contributed by atoms with Crippen molar-refractivity contribution in [1.29, 1.82) is 0 Å². The van der Waals surface area contributed by atoms with Gasteiger partial charge >= 0.3 is 5.97 Å². The van der Waals surface area contributed by atoms with E-state index in [-0.39, 0.29) is 0 Å². The molecule has 1 heterocycles. The summed E-state index contributed by atoms with van der Waals surface area (Å²) in [5, 5.41) is 0. The molecule has 1 aromatic carbocycles. The van der Waals surface area contributed by atoms with Crippen LogP contribution in [0.1, 0.15) is 16.8 Å². The molecule has 2 rings (SSSR count). The molecule has 126 valence electrons. The molecule has 0 radical (unpaired) electrons. The highest BCUT2D eigenvalue weighted by atomic mass is 79.9. The summed E-state index contributed by atoms with van der Waals surface area (Å²) < 4.78 is 71.5.